The van der Waals surface area contributed by atoms with Crippen molar-refractivity contribution < 1.29 is 5.11 Å². The zero-order chi connectivity index (χ0) is 11.3. The fourth-order valence-corrected chi connectivity index (χ4v) is 2.46. The van der Waals surface area contributed by atoms with Crippen LogP contribution in [0.2, 0.25) is 0 Å². The zero-order valence-corrected chi connectivity index (χ0v) is 10.3. The molecule has 0 bridgehead atoms. The van der Waals surface area contributed by atoms with E-state index in [1.165, 1.54) is 0 Å². The van der Waals surface area contributed by atoms with E-state index in [2.05, 4.69) is 11.8 Å². The Morgan fingerprint density at radius 3 is 2.53 bits per heavy atom. The molecule has 0 amide bonds. The quantitative estimate of drug-likeness (QED) is 0.696. The molecule has 1 unspecified atom stereocenters. The zero-order valence-electron chi connectivity index (χ0n) is 9.48. The highest BCUT2D eigenvalue weighted by Crippen LogP contribution is 2.20. The van der Waals surface area contributed by atoms with Gasteiger partial charge in [0, 0.05) is 19.1 Å². The van der Waals surface area contributed by atoms with Gasteiger partial charge in [0.25, 0.3) is 0 Å². The van der Waals surface area contributed by atoms with Gasteiger partial charge in [-0.15, -0.1) is 0 Å². The lowest BCUT2D eigenvalue weighted by Gasteiger charge is -2.36. The molecular weight excluding hydrogens is 208 g/mol. The molecule has 0 aromatic heterocycles. The minimum absolute atomic E-state index is 0.333. The van der Waals surface area contributed by atoms with Crippen molar-refractivity contribution in [1.82, 2.24) is 4.90 Å². The first-order chi connectivity index (χ1) is 7.17. The topological polar surface area (TPSA) is 49.5 Å². The van der Waals surface area contributed by atoms with Gasteiger partial charge in [-0.05, 0) is 38.3 Å². The second-order valence-corrected chi connectivity index (χ2v) is 4.92. The number of hydrogen-bond donors (Lipinski definition) is 2. The maximum atomic E-state index is 9.06. The highest BCUT2D eigenvalue weighted by atomic mass is 32.1. The molecule has 0 aromatic carbocycles. The summed E-state index contributed by atoms with van der Waals surface area (Å²) in [5, 5.41) is 9.06. The number of likely N-dealkylation sites (tertiary alicyclic amines) is 1. The lowest BCUT2D eigenvalue weighted by molar-refractivity contribution is 0.101. The van der Waals surface area contributed by atoms with E-state index in [1.807, 2.05) is 0 Å². The summed E-state index contributed by atoms with van der Waals surface area (Å²) in [6, 6.07) is 0.502. The fraction of sp³-hybridized carbons (Fsp3) is 0.909. The Balaban J connectivity index is 2.39. The number of piperidine rings is 1. The van der Waals surface area contributed by atoms with Crippen molar-refractivity contribution in [2.45, 2.75) is 38.6 Å². The molecule has 1 aliphatic rings. The van der Waals surface area contributed by atoms with Crippen molar-refractivity contribution in [3.8, 4) is 0 Å². The van der Waals surface area contributed by atoms with Crippen molar-refractivity contribution in [1.29, 1.82) is 0 Å². The van der Waals surface area contributed by atoms with Gasteiger partial charge < -0.3 is 10.8 Å². The maximum absolute atomic E-state index is 9.06. The summed E-state index contributed by atoms with van der Waals surface area (Å²) in [5.41, 5.74) is 5.59. The molecule has 15 heavy (non-hydrogen) atoms. The van der Waals surface area contributed by atoms with E-state index in [1.54, 1.807) is 0 Å². The van der Waals surface area contributed by atoms with Crippen molar-refractivity contribution >= 4 is 17.2 Å². The number of nitrogens with two attached hydrogens (primary N) is 1. The predicted molar refractivity (Wildman–Crippen MR) is 66.9 cm³/mol. The van der Waals surface area contributed by atoms with Gasteiger partial charge in [0.2, 0.25) is 0 Å². The molecule has 3 N–H and O–H groups in total. The first-order valence-corrected chi connectivity index (χ1v) is 6.21. The summed E-state index contributed by atoms with van der Waals surface area (Å²) in [4.78, 5) is 3.08. The predicted octanol–water partition coefficient (Wildman–Crippen LogP) is 1.15. The lowest BCUT2D eigenvalue weighted by Crippen LogP contribution is -2.43. The molecular formula is C11H22N2OS. The highest BCUT2D eigenvalue weighted by molar-refractivity contribution is 7.80. The van der Waals surface area contributed by atoms with Crippen LogP contribution in [0.25, 0.3) is 0 Å². The van der Waals surface area contributed by atoms with E-state index in [0.29, 0.717) is 23.6 Å². The number of thiocarbonyl (C=S) groups is 1. The van der Waals surface area contributed by atoms with Gasteiger partial charge in [0.05, 0.1) is 4.99 Å². The van der Waals surface area contributed by atoms with Crippen LogP contribution in [0.1, 0.15) is 32.6 Å². The molecule has 1 fully saturated rings. The van der Waals surface area contributed by atoms with E-state index in [0.717, 1.165) is 38.8 Å². The van der Waals surface area contributed by atoms with Crippen molar-refractivity contribution in [3.63, 3.8) is 0 Å². The second kappa shape index (κ2) is 6.40. The molecule has 88 valence electrons. The standard InChI is InChI=1S/C11H22N2OS/c1-2-10(7-11(12)15)13-5-3-9(8-14)4-6-13/h9-10,14H,2-8H2,1H3,(H2,12,15). The van der Waals surface area contributed by atoms with Gasteiger partial charge in [-0.1, -0.05) is 19.1 Å². The van der Waals surface area contributed by atoms with Crippen LogP contribution in [0, 0.1) is 5.92 Å². The molecule has 1 atom stereocenters. The molecule has 0 spiro atoms. The summed E-state index contributed by atoms with van der Waals surface area (Å²) >= 11 is 4.96. The van der Waals surface area contributed by atoms with Gasteiger partial charge >= 0.3 is 0 Å². The summed E-state index contributed by atoms with van der Waals surface area (Å²) in [6.45, 7) is 4.67. The monoisotopic (exact) mass is 230 g/mol. The van der Waals surface area contributed by atoms with Crippen LogP contribution >= 0.6 is 12.2 Å². The van der Waals surface area contributed by atoms with Gasteiger partial charge in [-0.25, -0.2) is 0 Å². The Labute approximate surface area is 97.6 Å². The van der Waals surface area contributed by atoms with E-state index < -0.39 is 0 Å². The average Bonchev–Trinajstić information content (AvgIpc) is 2.26. The highest BCUT2D eigenvalue weighted by Gasteiger charge is 2.23. The van der Waals surface area contributed by atoms with Crippen LogP contribution in [-0.4, -0.2) is 40.7 Å². The lowest BCUT2D eigenvalue weighted by atomic mass is 9.95. The third-order valence-electron chi connectivity index (χ3n) is 3.33. The Hall–Kier alpha value is -0.190. The molecule has 4 heteroatoms. The maximum Gasteiger partial charge on any atom is 0.0743 e. The summed E-state index contributed by atoms with van der Waals surface area (Å²) < 4.78 is 0. The van der Waals surface area contributed by atoms with Crippen LogP contribution < -0.4 is 5.73 Å². The van der Waals surface area contributed by atoms with Gasteiger partial charge in [0.15, 0.2) is 0 Å². The molecule has 1 saturated heterocycles. The van der Waals surface area contributed by atoms with Gasteiger partial charge in [-0.2, -0.15) is 0 Å². The summed E-state index contributed by atoms with van der Waals surface area (Å²) in [5.74, 6) is 0.503. The van der Waals surface area contributed by atoms with Crippen molar-refractivity contribution in [3.05, 3.63) is 0 Å². The number of aliphatic hydroxyl groups is 1. The molecule has 0 aliphatic carbocycles. The van der Waals surface area contributed by atoms with Crippen molar-refractivity contribution in [2.24, 2.45) is 11.7 Å². The first-order valence-electron chi connectivity index (χ1n) is 5.80. The van der Waals surface area contributed by atoms with E-state index in [9.17, 15) is 0 Å². The van der Waals surface area contributed by atoms with Gasteiger partial charge in [0.1, 0.15) is 0 Å². The van der Waals surface area contributed by atoms with Crippen LogP contribution in [0.15, 0.2) is 0 Å². The minimum Gasteiger partial charge on any atom is -0.396 e. The minimum atomic E-state index is 0.333. The Bertz CT molecular complexity index is 203. The third-order valence-corrected chi connectivity index (χ3v) is 3.50. The van der Waals surface area contributed by atoms with Gasteiger partial charge in [-0.3, -0.25) is 4.90 Å². The fourth-order valence-electron chi connectivity index (χ4n) is 2.26. The first kappa shape index (κ1) is 12.9. The SMILES string of the molecule is CCC(CC(N)=S)N1CCC(CO)CC1. The van der Waals surface area contributed by atoms with Crippen molar-refractivity contribution in [2.75, 3.05) is 19.7 Å². The Morgan fingerprint density at radius 2 is 2.13 bits per heavy atom. The number of aliphatic hydroxyl groups excluding tert-OH is 1. The average molecular weight is 230 g/mol. The van der Waals surface area contributed by atoms with E-state index >= 15 is 0 Å². The number of hydrogen-bond acceptors (Lipinski definition) is 3. The Kier molecular flexibility index (Phi) is 5.50. The second-order valence-electron chi connectivity index (χ2n) is 4.39. The number of nitrogens with zero attached hydrogens (tertiary/aromatic N) is 1. The Morgan fingerprint density at radius 1 is 1.53 bits per heavy atom. The van der Waals surface area contributed by atoms with Crippen LogP contribution in [0.5, 0.6) is 0 Å². The molecule has 0 saturated carbocycles. The molecule has 0 radical (unpaired) electrons. The van der Waals surface area contributed by atoms with Crippen LogP contribution in [0.3, 0.4) is 0 Å². The largest absolute Gasteiger partial charge is 0.396 e. The molecule has 1 heterocycles. The number of rotatable bonds is 5. The van der Waals surface area contributed by atoms with Crippen LogP contribution in [0.4, 0.5) is 0 Å². The summed E-state index contributed by atoms with van der Waals surface area (Å²) in [6.07, 6.45) is 4.13. The third kappa shape index (κ3) is 4.05. The van der Waals surface area contributed by atoms with Crippen LogP contribution in [-0.2, 0) is 0 Å². The van der Waals surface area contributed by atoms with E-state index in [-0.39, 0.29) is 0 Å². The molecule has 0 aromatic rings. The van der Waals surface area contributed by atoms with E-state index in [4.69, 9.17) is 23.1 Å². The smallest absolute Gasteiger partial charge is 0.0743 e. The molecule has 1 rings (SSSR count). The molecule has 1 aliphatic heterocycles. The summed E-state index contributed by atoms with van der Waals surface area (Å²) in [7, 11) is 0. The molecule has 3 nitrogen and oxygen atoms in total. The normalized spacial score (nSPS) is 21.5.